The highest BCUT2D eigenvalue weighted by atomic mass is 16.3. The van der Waals surface area contributed by atoms with Crippen LogP contribution in [0, 0.1) is 0 Å². The Morgan fingerprint density at radius 3 is 1.14 bits per heavy atom. The van der Waals surface area contributed by atoms with Crippen LogP contribution in [0.2, 0.25) is 0 Å². The highest BCUT2D eigenvalue weighted by Crippen LogP contribution is 2.51. The van der Waals surface area contributed by atoms with Gasteiger partial charge in [-0.15, -0.1) is 0 Å². The van der Waals surface area contributed by atoms with E-state index in [4.69, 9.17) is 4.42 Å². The molecule has 0 radical (unpaired) electrons. The second-order valence-corrected chi connectivity index (χ2v) is 29.2. The van der Waals surface area contributed by atoms with E-state index >= 15 is 0 Å². The summed E-state index contributed by atoms with van der Waals surface area (Å²) in [6.07, 6.45) is 0. The summed E-state index contributed by atoms with van der Waals surface area (Å²) in [5, 5.41) is 7.31. The second kappa shape index (κ2) is 27.3. The van der Waals surface area contributed by atoms with Crippen LogP contribution < -0.4 is 9.80 Å². The number of aromatic nitrogens is 2. The fraction of sp³-hybridized carbons (Fsp3) is 0.0286. The molecule has 0 saturated heterocycles. The van der Waals surface area contributed by atoms with E-state index in [2.05, 4.69) is 433 Å². The van der Waals surface area contributed by atoms with E-state index in [1.165, 1.54) is 110 Å². The van der Waals surface area contributed by atoms with Crippen molar-refractivity contribution in [3.63, 3.8) is 0 Å². The molecule has 0 aliphatic heterocycles. The Kier molecular flexibility index (Phi) is 16.2. The monoisotopic (exact) mass is 1410 g/mol. The van der Waals surface area contributed by atoms with Gasteiger partial charge >= 0.3 is 0 Å². The number of benzene rings is 17. The molecule has 5 heteroatoms. The van der Waals surface area contributed by atoms with Gasteiger partial charge in [0.25, 0.3) is 0 Å². The highest BCUT2D eigenvalue weighted by Gasteiger charge is 2.36. The summed E-state index contributed by atoms with van der Waals surface area (Å²) in [7, 11) is 0. The van der Waals surface area contributed by atoms with Crippen molar-refractivity contribution in [2.45, 2.75) is 19.3 Å². The number of fused-ring (bicyclic) bond motifs is 12. The zero-order chi connectivity index (χ0) is 73.2. The highest BCUT2D eigenvalue weighted by molar-refractivity contribution is 6.12. The summed E-state index contributed by atoms with van der Waals surface area (Å²) in [6, 6.07) is 149. The molecular weight excluding hydrogens is 1330 g/mol. The molecule has 3 aromatic heterocycles. The molecule has 0 fully saturated rings. The van der Waals surface area contributed by atoms with Crippen LogP contribution in [0.3, 0.4) is 0 Å². The fourth-order valence-corrected chi connectivity index (χ4v) is 17.0. The van der Waals surface area contributed by atoms with Gasteiger partial charge < -0.3 is 23.4 Å². The van der Waals surface area contributed by atoms with Crippen molar-refractivity contribution in [1.82, 2.24) is 9.13 Å². The molecule has 0 amide bonds. The van der Waals surface area contributed by atoms with Gasteiger partial charge in [-0.3, -0.25) is 0 Å². The lowest BCUT2D eigenvalue weighted by Crippen LogP contribution is -2.16. The third-order valence-electron chi connectivity index (χ3n) is 22.4. The number of para-hydroxylation sites is 6. The standard InChI is InChI=1S/C54H36N2O.C51H38N2/c1-2-12-37(13-3-1)38-24-30-42(31-25-38)55(44-34-28-40(29-35-44)46-19-11-20-50-49-18-6-9-23-53(49)57-54(46)50)43-32-26-39(27-33-43)41-14-10-15-45(36-41)56-51-21-7-4-16-47(51)48-17-5-8-22-52(48)56;1-51(2)47-19-11-9-17-43(47)44-31-30-42(34-48(44)51)52(40-26-21-36(22-27-40)35-13-5-3-6-14-35)41-28-23-37(24-29-41)38-25-32-50-46(33-38)45-18-10-12-20-49(45)53(50)39-15-7-4-8-16-39/h1-36H;3-34H,1-2H3. The zero-order valence-corrected chi connectivity index (χ0v) is 61.0. The van der Waals surface area contributed by atoms with Crippen LogP contribution in [0.15, 0.2) is 417 Å². The molecule has 1 aliphatic rings. The van der Waals surface area contributed by atoms with Crippen LogP contribution in [0.4, 0.5) is 34.1 Å². The summed E-state index contributed by atoms with van der Waals surface area (Å²) < 4.78 is 11.2. The number of rotatable bonds is 13. The predicted octanol–water partition coefficient (Wildman–Crippen LogP) is 29.0. The zero-order valence-electron chi connectivity index (χ0n) is 61.0. The second-order valence-electron chi connectivity index (χ2n) is 29.2. The largest absolute Gasteiger partial charge is 0.455 e. The minimum Gasteiger partial charge on any atom is -0.455 e. The smallest absolute Gasteiger partial charge is 0.143 e. The van der Waals surface area contributed by atoms with Crippen LogP contribution in [-0.2, 0) is 5.41 Å². The molecule has 110 heavy (non-hydrogen) atoms. The number of furan rings is 1. The van der Waals surface area contributed by atoms with E-state index in [1.807, 2.05) is 12.1 Å². The van der Waals surface area contributed by atoms with Crippen molar-refractivity contribution in [3.8, 4) is 78.1 Å². The lowest BCUT2D eigenvalue weighted by atomic mass is 9.82. The molecule has 1 aliphatic carbocycles. The van der Waals surface area contributed by atoms with Gasteiger partial charge in [-0.1, -0.05) is 293 Å². The Bertz CT molecular complexity index is 6760. The Morgan fingerprint density at radius 1 is 0.218 bits per heavy atom. The summed E-state index contributed by atoms with van der Waals surface area (Å²) in [4.78, 5) is 4.73. The van der Waals surface area contributed by atoms with Crippen LogP contribution >= 0.6 is 0 Å². The molecule has 5 nitrogen and oxygen atoms in total. The molecule has 0 spiro atoms. The Hall–Kier alpha value is -14.3. The number of hydrogen-bond donors (Lipinski definition) is 0. The first-order valence-corrected chi connectivity index (χ1v) is 37.9. The minimum atomic E-state index is -0.0864. The first kappa shape index (κ1) is 65.3. The Balaban J connectivity index is 0.000000144. The van der Waals surface area contributed by atoms with Gasteiger partial charge in [-0.25, -0.2) is 0 Å². The van der Waals surface area contributed by atoms with E-state index in [0.717, 1.165) is 78.4 Å². The molecule has 21 rings (SSSR count). The van der Waals surface area contributed by atoms with Crippen LogP contribution in [0.1, 0.15) is 25.0 Å². The van der Waals surface area contributed by atoms with Crippen LogP contribution in [0.25, 0.3) is 144 Å². The number of nitrogens with zero attached hydrogens (tertiary/aromatic N) is 4. The molecule has 20 aromatic rings. The molecule has 0 atom stereocenters. The molecule has 520 valence electrons. The lowest BCUT2D eigenvalue weighted by Gasteiger charge is -2.28. The molecule has 0 bridgehead atoms. The minimum absolute atomic E-state index is 0.0864. The average Bonchev–Trinajstić information content (AvgIpc) is 1.58. The fourth-order valence-electron chi connectivity index (χ4n) is 17.0. The topological polar surface area (TPSA) is 29.5 Å². The van der Waals surface area contributed by atoms with E-state index in [1.54, 1.807) is 0 Å². The van der Waals surface area contributed by atoms with E-state index in [-0.39, 0.29) is 5.41 Å². The summed E-state index contributed by atoms with van der Waals surface area (Å²) in [6.45, 7) is 4.70. The van der Waals surface area contributed by atoms with Crippen molar-refractivity contribution >= 4 is 99.7 Å². The third kappa shape index (κ3) is 11.5. The van der Waals surface area contributed by atoms with Gasteiger partial charge in [-0.2, -0.15) is 0 Å². The average molecular weight is 1410 g/mol. The first-order chi connectivity index (χ1) is 54.3. The van der Waals surface area contributed by atoms with E-state index in [9.17, 15) is 0 Å². The van der Waals surface area contributed by atoms with Gasteiger partial charge in [-0.05, 0) is 206 Å². The molecule has 3 heterocycles. The van der Waals surface area contributed by atoms with E-state index < -0.39 is 0 Å². The molecule has 0 unspecified atom stereocenters. The maximum Gasteiger partial charge on any atom is 0.143 e. The van der Waals surface area contributed by atoms with Crippen LogP contribution in [-0.4, -0.2) is 9.13 Å². The Labute approximate surface area is 640 Å². The third-order valence-corrected chi connectivity index (χ3v) is 22.4. The summed E-state index contributed by atoms with van der Waals surface area (Å²) >= 11 is 0. The maximum atomic E-state index is 6.40. The van der Waals surface area contributed by atoms with E-state index in [0.29, 0.717) is 0 Å². The number of hydrogen-bond acceptors (Lipinski definition) is 3. The summed E-state index contributed by atoms with van der Waals surface area (Å²) in [5.41, 5.74) is 32.7. The van der Waals surface area contributed by atoms with Crippen molar-refractivity contribution in [2.24, 2.45) is 0 Å². The van der Waals surface area contributed by atoms with Crippen molar-refractivity contribution < 1.29 is 4.42 Å². The summed E-state index contributed by atoms with van der Waals surface area (Å²) in [5.74, 6) is 0. The maximum absolute atomic E-state index is 6.40. The van der Waals surface area contributed by atoms with Gasteiger partial charge in [0.05, 0.1) is 22.1 Å². The van der Waals surface area contributed by atoms with Gasteiger partial charge in [0, 0.05) is 88.8 Å². The van der Waals surface area contributed by atoms with Gasteiger partial charge in [0.2, 0.25) is 0 Å². The number of anilines is 6. The predicted molar refractivity (Wildman–Crippen MR) is 463 cm³/mol. The molecule has 0 N–H and O–H groups in total. The molecule has 17 aromatic carbocycles. The molecular formula is C105H74N4O. The first-order valence-electron chi connectivity index (χ1n) is 37.9. The van der Waals surface area contributed by atoms with Crippen molar-refractivity contribution in [1.29, 1.82) is 0 Å². The quantitative estimate of drug-likeness (QED) is 0.115. The van der Waals surface area contributed by atoms with Crippen molar-refractivity contribution in [3.05, 3.63) is 424 Å². The van der Waals surface area contributed by atoms with Crippen LogP contribution in [0.5, 0.6) is 0 Å². The molecule has 0 saturated carbocycles. The lowest BCUT2D eigenvalue weighted by molar-refractivity contribution is 0.660. The Morgan fingerprint density at radius 2 is 0.573 bits per heavy atom. The van der Waals surface area contributed by atoms with Gasteiger partial charge in [0.15, 0.2) is 0 Å². The van der Waals surface area contributed by atoms with Gasteiger partial charge in [0.1, 0.15) is 11.2 Å². The SMILES string of the molecule is CC1(C)c2ccccc2-c2ccc(N(c3ccc(-c4ccccc4)cc3)c3ccc(-c4ccc5c(c4)c4ccccc4n5-c4ccccc4)cc3)cc21.c1ccc(-c2ccc(N(c3ccc(-c4cccc(-n5c6ccccc6c6ccccc65)c4)cc3)c3ccc(-c4cccc5c4oc4ccccc45)cc3)cc2)cc1. The van der Waals surface area contributed by atoms with Crippen molar-refractivity contribution in [2.75, 3.05) is 9.80 Å². The normalized spacial score (nSPS) is 12.2.